The van der Waals surface area contributed by atoms with E-state index in [1.54, 1.807) is 6.92 Å². The molecule has 0 bridgehead atoms. The first-order valence-corrected chi connectivity index (χ1v) is 19.4. The normalized spacial score (nSPS) is 59.3. The van der Waals surface area contributed by atoms with Crippen LogP contribution in [0.3, 0.4) is 0 Å². The zero-order valence-corrected chi connectivity index (χ0v) is 30.2. The number of aliphatic hydroxyl groups is 6. The van der Waals surface area contributed by atoms with Crippen molar-refractivity contribution >= 4 is 0 Å². The Morgan fingerprint density at radius 3 is 2.34 bits per heavy atom. The molecule has 12 heteroatoms. The third-order valence-electron chi connectivity index (χ3n) is 15.2. The molecule has 0 aromatic heterocycles. The van der Waals surface area contributed by atoms with Crippen molar-refractivity contribution in [1.29, 1.82) is 0 Å². The van der Waals surface area contributed by atoms with Gasteiger partial charge in [-0.3, -0.25) is 0 Å². The Morgan fingerprint density at radius 2 is 1.60 bits per heavy atom. The van der Waals surface area contributed by atoms with E-state index < -0.39 is 78.7 Å². The summed E-state index contributed by atoms with van der Waals surface area (Å²) >= 11 is 0. The van der Waals surface area contributed by atoms with E-state index in [1.165, 1.54) is 5.57 Å². The predicted octanol–water partition coefficient (Wildman–Crippen LogP) is 2.00. The summed E-state index contributed by atoms with van der Waals surface area (Å²) in [6.07, 6.45) is -3.26. The minimum absolute atomic E-state index is 0.134. The van der Waals surface area contributed by atoms with Crippen LogP contribution in [0.15, 0.2) is 11.6 Å². The Kier molecular flexibility index (Phi) is 9.38. The van der Waals surface area contributed by atoms with Gasteiger partial charge in [-0.1, -0.05) is 39.3 Å². The van der Waals surface area contributed by atoms with Crippen LogP contribution in [-0.2, 0) is 28.4 Å². The first kappa shape index (κ1) is 36.2. The Labute approximate surface area is 295 Å². The molecule has 6 N–H and O–H groups in total. The highest BCUT2D eigenvalue weighted by Gasteiger charge is 2.69. The summed E-state index contributed by atoms with van der Waals surface area (Å²) in [4.78, 5) is 0. The van der Waals surface area contributed by atoms with Gasteiger partial charge in [-0.05, 0) is 80.5 Å². The summed E-state index contributed by atoms with van der Waals surface area (Å²) in [6.45, 7) is 11.5. The molecule has 0 aromatic rings. The molecule has 50 heavy (non-hydrogen) atoms. The van der Waals surface area contributed by atoms with Crippen LogP contribution in [-0.4, -0.2) is 123 Å². The summed E-state index contributed by atoms with van der Waals surface area (Å²) in [5, 5.41) is 64.1. The maximum Gasteiger partial charge on any atom is 0.187 e. The molecule has 0 amide bonds. The number of fused-ring (bicyclic) bond motifs is 7. The minimum atomic E-state index is -1.60. The van der Waals surface area contributed by atoms with Gasteiger partial charge in [0, 0.05) is 24.2 Å². The van der Waals surface area contributed by atoms with E-state index in [2.05, 4.69) is 33.8 Å². The lowest BCUT2D eigenvalue weighted by Gasteiger charge is -2.60. The average Bonchev–Trinajstić information content (AvgIpc) is 3.53. The molecule has 284 valence electrons. The standard InChI is InChI=1S/C38H60O12/c1-17-8-11-38(46-15-17)18(2)28-26(50-38)14-24-22-7-6-20-12-21(39)13-27(37(20,5)23(22)9-10-36(24,28)4)48-35-33(30(42)25(40)16-45-35)49-34-32(44)31(43)29(41)19(3)47-34/h6,17-19,21-35,39-44H,7-16H2,1-5H3/t17-,18+,19-,21+,22-,23?,24?,25-,26+,27-,28+,29-,30+,31+,32-,33-,34+,35+,36+,37+,38-/m1/s1. The summed E-state index contributed by atoms with van der Waals surface area (Å²) in [7, 11) is 0. The van der Waals surface area contributed by atoms with Gasteiger partial charge in [-0.2, -0.15) is 0 Å². The summed E-state index contributed by atoms with van der Waals surface area (Å²) in [5.41, 5.74) is 0.917. The Hall–Kier alpha value is -0.740. The van der Waals surface area contributed by atoms with Crippen LogP contribution in [0.25, 0.3) is 0 Å². The van der Waals surface area contributed by atoms with E-state index >= 15 is 0 Å². The topological polar surface area (TPSA) is 177 Å². The van der Waals surface area contributed by atoms with Crippen molar-refractivity contribution in [3.05, 3.63) is 11.6 Å². The van der Waals surface area contributed by atoms with Gasteiger partial charge < -0.3 is 59.1 Å². The maximum absolute atomic E-state index is 11.1. The zero-order chi connectivity index (χ0) is 35.5. The number of rotatable bonds is 4. The molecular formula is C38H60O12. The molecule has 21 atom stereocenters. The predicted molar refractivity (Wildman–Crippen MR) is 177 cm³/mol. The summed E-state index contributed by atoms with van der Waals surface area (Å²) in [5.74, 6) is 2.08. The first-order chi connectivity index (χ1) is 23.7. The number of aliphatic hydroxyl groups excluding tert-OH is 6. The van der Waals surface area contributed by atoms with E-state index in [-0.39, 0.29) is 18.1 Å². The molecule has 3 saturated carbocycles. The monoisotopic (exact) mass is 708 g/mol. The van der Waals surface area contributed by atoms with Gasteiger partial charge in [0.05, 0.1) is 37.6 Å². The second-order valence-electron chi connectivity index (χ2n) is 17.9. The van der Waals surface area contributed by atoms with Crippen molar-refractivity contribution in [3.63, 3.8) is 0 Å². The van der Waals surface area contributed by atoms with Crippen molar-refractivity contribution in [2.75, 3.05) is 13.2 Å². The van der Waals surface area contributed by atoms with Gasteiger partial charge in [0.2, 0.25) is 0 Å². The fourth-order valence-electron chi connectivity index (χ4n) is 12.4. The quantitative estimate of drug-likeness (QED) is 0.235. The van der Waals surface area contributed by atoms with Crippen LogP contribution in [0.5, 0.6) is 0 Å². The van der Waals surface area contributed by atoms with Crippen molar-refractivity contribution in [2.45, 2.75) is 165 Å². The third-order valence-corrected chi connectivity index (χ3v) is 15.2. The second kappa shape index (κ2) is 12.9. The number of allylic oxidation sites excluding steroid dienone is 1. The first-order valence-electron chi connectivity index (χ1n) is 19.4. The number of ether oxygens (including phenoxy) is 6. The van der Waals surface area contributed by atoms with Crippen molar-refractivity contribution in [1.82, 2.24) is 0 Å². The van der Waals surface area contributed by atoms with Gasteiger partial charge in [0.1, 0.15) is 36.6 Å². The molecule has 7 fully saturated rings. The van der Waals surface area contributed by atoms with E-state index in [0.717, 1.165) is 45.1 Å². The molecule has 12 nitrogen and oxygen atoms in total. The Morgan fingerprint density at radius 1 is 0.820 bits per heavy atom. The van der Waals surface area contributed by atoms with Crippen molar-refractivity contribution < 1.29 is 59.1 Å². The van der Waals surface area contributed by atoms with Gasteiger partial charge in [-0.15, -0.1) is 0 Å². The molecular weight excluding hydrogens is 648 g/mol. The smallest absolute Gasteiger partial charge is 0.187 e. The average molecular weight is 709 g/mol. The molecule has 0 radical (unpaired) electrons. The van der Waals surface area contributed by atoms with Crippen LogP contribution < -0.4 is 0 Å². The van der Waals surface area contributed by atoms with Crippen LogP contribution in [0.4, 0.5) is 0 Å². The highest BCUT2D eigenvalue weighted by molar-refractivity contribution is 5.28. The fourth-order valence-corrected chi connectivity index (χ4v) is 12.4. The Balaban J connectivity index is 1.04. The van der Waals surface area contributed by atoms with Gasteiger partial charge in [-0.25, -0.2) is 0 Å². The van der Waals surface area contributed by atoms with E-state index in [9.17, 15) is 30.6 Å². The molecule has 2 unspecified atom stereocenters. The number of hydrogen-bond donors (Lipinski definition) is 6. The van der Waals surface area contributed by atoms with Crippen LogP contribution >= 0.6 is 0 Å². The van der Waals surface area contributed by atoms with Crippen molar-refractivity contribution in [3.8, 4) is 0 Å². The molecule has 1 spiro atoms. The van der Waals surface area contributed by atoms with E-state index in [1.807, 2.05) is 0 Å². The molecule has 4 aliphatic heterocycles. The molecule has 4 heterocycles. The minimum Gasteiger partial charge on any atom is -0.393 e. The summed E-state index contributed by atoms with van der Waals surface area (Å²) < 4.78 is 38.0. The molecule has 8 aliphatic rings. The third kappa shape index (κ3) is 5.45. The lowest BCUT2D eigenvalue weighted by molar-refractivity contribution is -0.362. The van der Waals surface area contributed by atoms with Crippen LogP contribution in [0, 0.1) is 46.3 Å². The lowest BCUT2D eigenvalue weighted by Crippen LogP contribution is -2.63. The van der Waals surface area contributed by atoms with Crippen molar-refractivity contribution in [2.24, 2.45) is 46.3 Å². The number of hydrogen-bond acceptors (Lipinski definition) is 12. The molecule has 4 saturated heterocycles. The fraction of sp³-hybridized carbons (Fsp3) is 0.947. The second-order valence-corrected chi connectivity index (χ2v) is 17.9. The van der Waals surface area contributed by atoms with Crippen LogP contribution in [0.2, 0.25) is 0 Å². The Bertz CT molecular complexity index is 1290. The van der Waals surface area contributed by atoms with E-state index in [0.29, 0.717) is 48.3 Å². The van der Waals surface area contributed by atoms with E-state index in [4.69, 9.17) is 28.4 Å². The van der Waals surface area contributed by atoms with Gasteiger partial charge in [0.15, 0.2) is 18.4 Å². The SMILES string of the molecule is C[C@@H]1CC[C@@]2(OC1)O[C@H]1CC3[C@@H]4CC=C5C[C@H](O)C[C@@H](O[C@@H]6OC[C@@H](O)[C@H](O)[C@H]6O[C@@H]6O[C@H](C)[C@@H](O)[C@H](O)[C@H]6O)[C@]5(C)C4CC[C@]3(C)[C@H]1[C@@H]2C. The largest absolute Gasteiger partial charge is 0.393 e. The highest BCUT2D eigenvalue weighted by Crippen LogP contribution is 2.71. The van der Waals surface area contributed by atoms with Gasteiger partial charge in [0.25, 0.3) is 0 Å². The molecule has 8 rings (SSSR count). The highest BCUT2D eigenvalue weighted by atomic mass is 16.8. The summed E-state index contributed by atoms with van der Waals surface area (Å²) in [6, 6.07) is 0. The zero-order valence-electron chi connectivity index (χ0n) is 30.2. The van der Waals surface area contributed by atoms with Crippen LogP contribution in [0.1, 0.15) is 86.0 Å². The van der Waals surface area contributed by atoms with Gasteiger partial charge >= 0.3 is 0 Å². The lowest BCUT2D eigenvalue weighted by atomic mass is 9.46. The maximum atomic E-state index is 11.1. The molecule has 4 aliphatic carbocycles. The molecule has 0 aromatic carbocycles.